The predicted octanol–water partition coefficient (Wildman–Crippen LogP) is 0.174. The van der Waals surface area contributed by atoms with Gasteiger partial charge in [-0.1, -0.05) is 0 Å². The van der Waals surface area contributed by atoms with Crippen LogP contribution in [0.1, 0.15) is 6.42 Å². The summed E-state index contributed by atoms with van der Waals surface area (Å²) in [4.78, 5) is 2.59. The van der Waals surface area contributed by atoms with Crippen molar-refractivity contribution in [1.82, 2.24) is 10.2 Å². The van der Waals surface area contributed by atoms with Crippen LogP contribution in [0, 0.1) is 11.8 Å². The zero-order valence-electron chi connectivity index (χ0n) is 8.46. The minimum atomic E-state index is 0.907. The third-order valence-corrected chi connectivity index (χ3v) is 3.29. The largest absolute Gasteiger partial charge is 0.385 e. The van der Waals surface area contributed by atoms with Crippen molar-refractivity contribution >= 4 is 0 Å². The van der Waals surface area contributed by atoms with E-state index in [1.54, 1.807) is 7.11 Å². The molecule has 2 saturated heterocycles. The van der Waals surface area contributed by atoms with E-state index in [0.717, 1.165) is 18.4 Å². The molecule has 2 rings (SSSR count). The molecule has 2 heterocycles. The monoisotopic (exact) mass is 184 g/mol. The Morgan fingerprint density at radius 2 is 2.00 bits per heavy atom. The fraction of sp³-hybridized carbons (Fsp3) is 1.00. The number of rotatable bonds is 4. The van der Waals surface area contributed by atoms with Crippen molar-refractivity contribution in [2.45, 2.75) is 6.42 Å². The van der Waals surface area contributed by atoms with Crippen molar-refractivity contribution in [3.05, 3.63) is 0 Å². The Balaban J connectivity index is 1.67. The van der Waals surface area contributed by atoms with E-state index in [4.69, 9.17) is 4.74 Å². The van der Waals surface area contributed by atoms with Gasteiger partial charge in [0.1, 0.15) is 0 Å². The first kappa shape index (κ1) is 9.44. The third kappa shape index (κ3) is 2.22. The molecular weight excluding hydrogens is 164 g/mol. The standard InChI is InChI=1S/C10H20N2O/c1-13-4-2-3-12-7-9-5-11-6-10(9)8-12/h9-11H,2-8H2,1H3. The second-order valence-corrected chi connectivity index (χ2v) is 4.28. The molecule has 0 radical (unpaired) electrons. The lowest BCUT2D eigenvalue weighted by atomic mass is 10.0. The van der Waals surface area contributed by atoms with E-state index in [1.165, 1.54) is 39.1 Å². The zero-order valence-corrected chi connectivity index (χ0v) is 8.46. The van der Waals surface area contributed by atoms with Crippen LogP contribution >= 0.6 is 0 Å². The van der Waals surface area contributed by atoms with Gasteiger partial charge in [-0.3, -0.25) is 0 Å². The number of methoxy groups -OCH3 is 1. The Labute approximate surface area is 80.4 Å². The lowest BCUT2D eigenvalue weighted by molar-refractivity contribution is 0.177. The molecule has 0 aliphatic carbocycles. The van der Waals surface area contributed by atoms with E-state index in [9.17, 15) is 0 Å². The summed E-state index contributed by atoms with van der Waals surface area (Å²) in [6.07, 6.45) is 1.18. The Bertz CT molecular complexity index is 151. The van der Waals surface area contributed by atoms with Crippen molar-refractivity contribution in [2.24, 2.45) is 11.8 Å². The Hall–Kier alpha value is -0.120. The Kier molecular flexibility index (Phi) is 3.19. The molecule has 3 heteroatoms. The first-order chi connectivity index (χ1) is 6.40. The number of likely N-dealkylation sites (tertiary alicyclic amines) is 1. The highest BCUT2D eigenvalue weighted by Gasteiger charge is 2.35. The molecule has 0 aromatic heterocycles. The molecule has 1 N–H and O–H groups in total. The molecule has 0 aromatic carbocycles. The molecule has 2 unspecified atom stereocenters. The van der Waals surface area contributed by atoms with Gasteiger partial charge < -0.3 is 15.0 Å². The van der Waals surface area contributed by atoms with Crippen LogP contribution in [0.3, 0.4) is 0 Å². The summed E-state index contributed by atoms with van der Waals surface area (Å²) in [5.74, 6) is 1.87. The number of nitrogens with one attached hydrogen (secondary N) is 1. The zero-order chi connectivity index (χ0) is 9.10. The Morgan fingerprint density at radius 1 is 1.31 bits per heavy atom. The summed E-state index contributed by atoms with van der Waals surface area (Å²) >= 11 is 0. The van der Waals surface area contributed by atoms with Gasteiger partial charge in [-0.15, -0.1) is 0 Å². The second kappa shape index (κ2) is 4.40. The molecular formula is C10H20N2O. The van der Waals surface area contributed by atoms with Gasteiger partial charge in [0.15, 0.2) is 0 Å². The fourth-order valence-corrected chi connectivity index (χ4v) is 2.57. The maximum atomic E-state index is 5.06. The van der Waals surface area contributed by atoms with Crippen LogP contribution in [0.5, 0.6) is 0 Å². The highest BCUT2D eigenvalue weighted by atomic mass is 16.5. The molecule has 0 bridgehead atoms. The third-order valence-electron chi connectivity index (χ3n) is 3.29. The van der Waals surface area contributed by atoms with Crippen LogP contribution in [-0.4, -0.2) is 51.3 Å². The highest BCUT2D eigenvalue weighted by Crippen LogP contribution is 2.25. The fourth-order valence-electron chi connectivity index (χ4n) is 2.57. The van der Waals surface area contributed by atoms with Gasteiger partial charge in [0.05, 0.1) is 0 Å². The van der Waals surface area contributed by atoms with Crippen LogP contribution in [0.2, 0.25) is 0 Å². The molecule has 76 valence electrons. The molecule has 0 spiro atoms. The summed E-state index contributed by atoms with van der Waals surface area (Å²) in [7, 11) is 1.78. The van der Waals surface area contributed by atoms with Gasteiger partial charge >= 0.3 is 0 Å². The van der Waals surface area contributed by atoms with Gasteiger partial charge in [-0.2, -0.15) is 0 Å². The molecule has 2 fully saturated rings. The van der Waals surface area contributed by atoms with Crippen LogP contribution in [-0.2, 0) is 4.74 Å². The normalized spacial score (nSPS) is 33.9. The molecule has 2 aliphatic rings. The smallest absolute Gasteiger partial charge is 0.0474 e. The quantitative estimate of drug-likeness (QED) is 0.631. The maximum Gasteiger partial charge on any atom is 0.0474 e. The van der Waals surface area contributed by atoms with E-state index in [2.05, 4.69) is 10.2 Å². The van der Waals surface area contributed by atoms with Crippen molar-refractivity contribution in [1.29, 1.82) is 0 Å². The van der Waals surface area contributed by atoms with Gasteiger partial charge in [0.2, 0.25) is 0 Å². The molecule has 2 atom stereocenters. The number of hydrogen-bond donors (Lipinski definition) is 1. The minimum Gasteiger partial charge on any atom is -0.385 e. The average Bonchev–Trinajstić information content (AvgIpc) is 2.64. The molecule has 0 aromatic rings. The minimum absolute atomic E-state index is 0.907. The first-order valence-corrected chi connectivity index (χ1v) is 5.32. The van der Waals surface area contributed by atoms with Gasteiger partial charge in [-0.05, 0) is 31.3 Å². The van der Waals surface area contributed by atoms with Crippen LogP contribution in [0.4, 0.5) is 0 Å². The first-order valence-electron chi connectivity index (χ1n) is 5.32. The van der Waals surface area contributed by atoms with Gasteiger partial charge in [0, 0.05) is 33.4 Å². The number of fused-ring (bicyclic) bond motifs is 1. The number of nitrogens with zero attached hydrogens (tertiary/aromatic N) is 1. The van der Waals surface area contributed by atoms with Crippen molar-refractivity contribution in [3.63, 3.8) is 0 Å². The van der Waals surface area contributed by atoms with Gasteiger partial charge in [-0.25, -0.2) is 0 Å². The molecule has 13 heavy (non-hydrogen) atoms. The van der Waals surface area contributed by atoms with E-state index in [0.29, 0.717) is 0 Å². The van der Waals surface area contributed by atoms with E-state index in [-0.39, 0.29) is 0 Å². The van der Waals surface area contributed by atoms with Crippen molar-refractivity contribution < 1.29 is 4.74 Å². The predicted molar refractivity (Wildman–Crippen MR) is 52.8 cm³/mol. The maximum absolute atomic E-state index is 5.06. The van der Waals surface area contributed by atoms with Gasteiger partial charge in [0.25, 0.3) is 0 Å². The lowest BCUT2D eigenvalue weighted by Gasteiger charge is -2.16. The van der Waals surface area contributed by atoms with Crippen LogP contribution in [0.25, 0.3) is 0 Å². The topological polar surface area (TPSA) is 24.5 Å². The molecule has 2 aliphatic heterocycles. The molecule has 0 saturated carbocycles. The summed E-state index contributed by atoms with van der Waals surface area (Å²) in [5.41, 5.74) is 0. The van der Waals surface area contributed by atoms with Crippen LogP contribution in [0.15, 0.2) is 0 Å². The van der Waals surface area contributed by atoms with E-state index < -0.39 is 0 Å². The summed E-state index contributed by atoms with van der Waals surface area (Å²) < 4.78 is 5.06. The lowest BCUT2D eigenvalue weighted by Crippen LogP contribution is -2.27. The van der Waals surface area contributed by atoms with Crippen LogP contribution < -0.4 is 5.32 Å². The summed E-state index contributed by atoms with van der Waals surface area (Å²) in [5, 5.41) is 3.46. The Morgan fingerprint density at radius 3 is 2.62 bits per heavy atom. The van der Waals surface area contributed by atoms with E-state index >= 15 is 0 Å². The summed E-state index contributed by atoms with van der Waals surface area (Å²) in [6, 6.07) is 0. The van der Waals surface area contributed by atoms with Crippen molar-refractivity contribution in [2.75, 3.05) is 46.4 Å². The van der Waals surface area contributed by atoms with E-state index in [1.807, 2.05) is 0 Å². The SMILES string of the molecule is COCCCN1CC2CNCC2C1. The number of hydrogen-bond acceptors (Lipinski definition) is 3. The van der Waals surface area contributed by atoms with Crippen molar-refractivity contribution in [3.8, 4) is 0 Å². The second-order valence-electron chi connectivity index (χ2n) is 4.28. The number of ether oxygens (including phenoxy) is 1. The average molecular weight is 184 g/mol. The highest BCUT2D eigenvalue weighted by molar-refractivity contribution is 4.90. The summed E-state index contributed by atoms with van der Waals surface area (Å²) in [6.45, 7) is 7.23. The molecule has 3 nitrogen and oxygen atoms in total. The molecule has 0 amide bonds.